The van der Waals surface area contributed by atoms with Gasteiger partial charge in [0.05, 0.1) is 16.8 Å². The minimum atomic E-state index is -0.000726. The molecule has 4 heterocycles. The van der Waals surface area contributed by atoms with Gasteiger partial charge in [0.1, 0.15) is 5.82 Å². The van der Waals surface area contributed by atoms with Crippen molar-refractivity contribution in [3.63, 3.8) is 0 Å². The number of aromatic nitrogens is 3. The Labute approximate surface area is 164 Å². The van der Waals surface area contributed by atoms with Crippen LogP contribution in [0, 0.1) is 0 Å². The number of aromatic amines is 1. The number of H-pyrrole nitrogens is 1. The predicted octanol–water partition coefficient (Wildman–Crippen LogP) is 1.95. The summed E-state index contributed by atoms with van der Waals surface area (Å²) in [6, 6.07) is 4.00. The number of hydrogen-bond donors (Lipinski definition) is 1. The van der Waals surface area contributed by atoms with Gasteiger partial charge in [0.2, 0.25) is 0 Å². The van der Waals surface area contributed by atoms with Crippen molar-refractivity contribution in [2.75, 3.05) is 19.6 Å². The van der Waals surface area contributed by atoms with E-state index in [9.17, 15) is 9.59 Å². The first-order valence-corrected chi connectivity index (χ1v) is 10.1. The summed E-state index contributed by atoms with van der Waals surface area (Å²) in [4.78, 5) is 41.3. The molecule has 1 amide bonds. The Balaban J connectivity index is 1.45. The molecular weight excluding hydrogens is 354 g/mol. The second kappa shape index (κ2) is 7.83. The number of amides is 1. The lowest BCUT2D eigenvalue weighted by atomic mass is 9.94. The van der Waals surface area contributed by atoms with Crippen LogP contribution in [0.5, 0.6) is 0 Å². The quantitative estimate of drug-likeness (QED) is 0.879. The summed E-state index contributed by atoms with van der Waals surface area (Å²) >= 11 is 0. The lowest BCUT2D eigenvalue weighted by molar-refractivity contribution is 0.0710. The van der Waals surface area contributed by atoms with Crippen molar-refractivity contribution in [2.24, 2.45) is 0 Å². The maximum atomic E-state index is 12.7. The lowest BCUT2D eigenvalue weighted by Gasteiger charge is -2.33. The fourth-order valence-electron chi connectivity index (χ4n) is 4.13. The van der Waals surface area contributed by atoms with E-state index in [-0.39, 0.29) is 17.4 Å². The summed E-state index contributed by atoms with van der Waals surface area (Å²) in [6.45, 7) is 7.26. The number of carbonyl (C=O) groups is 1. The van der Waals surface area contributed by atoms with E-state index in [0.29, 0.717) is 31.2 Å². The third-order valence-corrected chi connectivity index (χ3v) is 5.92. The molecule has 7 heteroatoms. The Hall–Kier alpha value is -2.54. The van der Waals surface area contributed by atoms with E-state index in [1.807, 2.05) is 4.90 Å². The van der Waals surface area contributed by atoms with Crippen molar-refractivity contribution in [1.82, 2.24) is 24.8 Å². The molecule has 0 spiro atoms. The van der Waals surface area contributed by atoms with Crippen LogP contribution in [0.1, 0.15) is 60.0 Å². The summed E-state index contributed by atoms with van der Waals surface area (Å²) in [5.74, 6) is 1.00. The molecule has 4 rings (SSSR count). The smallest absolute Gasteiger partial charge is 0.255 e. The molecule has 2 aliphatic rings. The first kappa shape index (κ1) is 18.8. The van der Waals surface area contributed by atoms with Crippen LogP contribution in [0.15, 0.2) is 29.3 Å². The van der Waals surface area contributed by atoms with Gasteiger partial charge in [0.15, 0.2) is 0 Å². The highest BCUT2D eigenvalue weighted by atomic mass is 16.2. The van der Waals surface area contributed by atoms with E-state index >= 15 is 0 Å². The van der Waals surface area contributed by atoms with Crippen molar-refractivity contribution < 1.29 is 4.79 Å². The first-order valence-electron chi connectivity index (χ1n) is 10.1. The van der Waals surface area contributed by atoms with Crippen molar-refractivity contribution >= 4 is 5.91 Å². The second-order valence-electron chi connectivity index (χ2n) is 8.00. The molecule has 0 atom stereocenters. The van der Waals surface area contributed by atoms with Gasteiger partial charge >= 0.3 is 0 Å². The van der Waals surface area contributed by atoms with Gasteiger partial charge in [-0.05, 0) is 38.8 Å². The minimum absolute atomic E-state index is 0.000726. The molecule has 1 fully saturated rings. The minimum Gasteiger partial charge on any atom is -0.339 e. The average molecular weight is 381 g/mol. The number of nitrogens with one attached hydrogen (secondary N) is 1. The molecule has 148 valence electrons. The average Bonchev–Trinajstić information content (AvgIpc) is 2.73. The van der Waals surface area contributed by atoms with Crippen LogP contribution in [-0.4, -0.2) is 56.3 Å². The van der Waals surface area contributed by atoms with E-state index < -0.39 is 0 Å². The van der Waals surface area contributed by atoms with Gasteiger partial charge in [0.25, 0.3) is 11.5 Å². The zero-order chi connectivity index (χ0) is 19.7. The standard InChI is InChI=1S/C21H27N5O2/c1-14(2)26-11-7-18-17(13-26)20(27)24-19(23-18)15-5-9-25(10-6-15)21(28)16-4-3-8-22-12-16/h3-4,8,12,14-15H,5-7,9-11,13H2,1-2H3,(H,23,24,27). The normalized spacial score (nSPS) is 18.3. The molecule has 0 bridgehead atoms. The number of carbonyl (C=O) groups excluding carboxylic acids is 1. The van der Waals surface area contributed by atoms with Crippen LogP contribution in [-0.2, 0) is 13.0 Å². The van der Waals surface area contributed by atoms with Crippen LogP contribution in [0.25, 0.3) is 0 Å². The van der Waals surface area contributed by atoms with Crippen LogP contribution in [0.3, 0.4) is 0 Å². The largest absolute Gasteiger partial charge is 0.339 e. The number of hydrogen-bond acceptors (Lipinski definition) is 5. The van der Waals surface area contributed by atoms with Gasteiger partial charge in [-0.1, -0.05) is 0 Å². The molecule has 2 aromatic rings. The highest BCUT2D eigenvalue weighted by molar-refractivity contribution is 5.93. The van der Waals surface area contributed by atoms with Gasteiger partial charge in [0, 0.05) is 57.0 Å². The molecule has 0 unspecified atom stereocenters. The topological polar surface area (TPSA) is 82.2 Å². The molecule has 7 nitrogen and oxygen atoms in total. The molecule has 0 radical (unpaired) electrons. The van der Waals surface area contributed by atoms with Gasteiger partial charge in [-0.2, -0.15) is 0 Å². The van der Waals surface area contributed by atoms with Gasteiger partial charge in [-0.3, -0.25) is 19.5 Å². The second-order valence-corrected chi connectivity index (χ2v) is 8.00. The summed E-state index contributed by atoms with van der Waals surface area (Å²) in [5, 5.41) is 0. The summed E-state index contributed by atoms with van der Waals surface area (Å²) in [6.07, 6.45) is 5.72. The van der Waals surface area contributed by atoms with Crippen molar-refractivity contribution in [2.45, 2.75) is 51.6 Å². The Bertz CT molecular complexity index is 901. The van der Waals surface area contributed by atoms with E-state index in [4.69, 9.17) is 4.98 Å². The molecule has 2 aromatic heterocycles. The maximum absolute atomic E-state index is 12.7. The van der Waals surface area contributed by atoms with Crippen LogP contribution in [0.4, 0.5) is 0 Å². The van der Waals surface area contributed by atoms with Gasteiger partial charge in [-0.15, -0.1) is 0 Å². The summed E-state index contributed by atoms with van der Waals surface area (Å²) < 4.78 is 0. The summed E-state index contributed by atoms with van der Waals surface area (Å²) in [5.41, 5.74) is 2.38. The first-order chi connectivity index (χ1) is 13.5. The molecule has 0 aromatic carbocycles. The van der Waals surface area contributed by atoms with Crippen LogP contribution >= 0.6 is 0 Å². The number of pyridine rings is 1. The van der Waals surface area contributed by atoms with Gasteiger partial charge < -0.3 is 9.88 Å². The maximum Gasteiger partial charge on any atom is 0.255 e. The number of piperidine rings is 1. The third-order valence-electron chi connectivity index (χ3n) is 5.92. The van der Waals surface area contributed by atoms with Crippen molar-refractivity contribution in [3.05, 3.63) is 57.5 Å². The lowest BCUT2D eigenvalue weighted by Crippen LogP contribution is -2.41. The zero-order valence-electron chi connectivity index (χ0n) is 16.5. The number of likely N-dealkylation sites (tertiary alicyclic amines) is 1. The van der Waals surface area contributed by atoms with Crippen LogP contribution < -0.4 is 5.56 Å². The highest BCUT2D eigenvalue weighted by Gasteiger charge is 2.28. The molecule has 1 N–H and O–H groups in total. The molecule has 2 aliphatic heterocycles. The molecule has 1 saturated heterocycles. The fourth-order valence-corrected chi connectivity index (χ4v) is 4.13. The fraction of sp³-hybridized carbons (Fsp3) is 0.524. The predicted molar refractivity (Wildman–Crippen MR) is 106 cm³/mol. The molecular formula is C21H27N5O2. The number of rotatable bonds is 3. The monoisotopic (exact) mass is 381 g/mol. The Kier molecular flexibility index (Phi) is 5.26. The SMILES string of the molecule is CC(C)N1CCc2nc(C3CCN(C(=O)c4cccnc4)CC3)[nH]c(=O)c2C1. The highest BCUT2D eigenvalue weighted by Crippen LogP contribution is 2.27. The van der Waals surface area contributed by atoms with Crippen molar-refractivity contribution in [1.29, 1.82) is 0 Å². The molecule has 0 saturated carbocycles. The van der Waals surface area contributed by atoms with E-state index in [1.54, 1.807) is 24.5 Å². The van der Waals surface area contributed by atoms with E-state index in [2.05, 4.69) is 28.7 Å². The zero-order valence-corrected chi connectivity index (χ0v) is 16.5. The molecule has 28 heavy (non-hydrogen) atoms. The van der Waals surface area contributed by atoms with Gasteiger partial charge in [-0.25, -0.2) is 4.98 Å². The van der Waals surface area contributed by atoms with E-state index in [1.165, 1.54) is 0 Å². The Morgan fingerprint density at radius 1 is 1.25 bits per heavy atom. The number of nitrogens with zero attached hydrogens (tertiary/aromatic N) is 4. The number of fused-ring (bicyclic) bond motifs is 1. The molecule has 0 aliphatic carbocycles. The summed E-state index contributed by atoms with van der Waals surface area (Å²) in [7, 11) is 0. The third kappa shape index (κ3) is 3.71. The van der Waals surface area contributed by atoms with E-state index in [0.717, 1.165) is 42.9 Å². The Morgan fingerprint density at radius 2 is 2.04 bits per heavy atom. The van der Waals surface area contributed by atoms with Crippen molar-refractivity contribution in [3.8, 4) is 0 Å². The van der Waals surface area contributed by atoms with Crippen LogP contribution in [0.2, 0.25) is 0 Å². The Morgan fingerprint density at radius 3 is 2.71 bits per heavy atom.